The van der Waals surface area contributed by atoms with Gasteiger partial charge in [-0.3, -0.25) is 0 Å². The summed E-state index contributed by atoms with van der Waals surface area (Å²) in [5.74, 6) is -1.53. The van der Waals surface area contributed by atoms with Gasteiger partial charge in [0.15, 0.2) is 12.6 Å². The first-order chi connectivity index (χ1) is 14.9. The van der Waals surface area contributed by atoms with Gasteiger partial charge in [0.05, 0.1) is 36.6 Å². The van der Waals surface area contributed by atoms with E-state index in [1.54, 1.807) is 27.7 Å². The first-order valence-corrected chi connectivity index (χ1v) is 11.3. The predicted octanol–water partition coefficient (Wildman–Crippen LogP) is -0.168. The van der Waals surface area contributed by atoms with Crippen LogP contribution >= 0.6 is 0 Å². The van der Waals surface area contributed by atoms with Crippen molar-refractivity contribution in [2.24, 2.45) is 17.8 Å². The number of rotatable bonds is 9. The minimum absolute atomic E-state index is 0.317. The standard InChI is InChI=1S/C22H40O10/c1-9(8-23)18(15(25)12(4)24)31-22-11(3)20(17(27)14(6)30-22)32-21-10(2)19(28-7)16(26)13(5)29-21/h8-22,24-27H,1-7H3/t9?,10?,11?,12?,13?,14?,15-,16-,17-,18-,19-,20-,21+,22+/m1/s1. The normalized spacial score (nSPS) is 44.5. The van der Waals surface area contributed by atoms with Crippen LogP contribution in [0.5, 0.6) is 0 Å². The molecule has 2 aliphatic rings. The summed E-state index contributed by atoms with van der Waals surface area (Å²) in [7, 11) is 1.51. The maximum absolute atomic E-state index is 11.4. The van der Waals surface area contributed by atoms with Crippen LogP contribution in [0.2, 0.25) is 0 Å². The SMILES string of the molecule is CO[C@@H]1C(C)[C@H](O[C@@H]2C(C)[C@H](O[C@H](C(C)C=O)[C@H](O)C(C)O)OC(C)[C@H]2O)OC(C)[C@H]1O. The van der Waals surface area contributed by atoms with Gasteiger partial charge in [0, 0.05) is 24.9 Å². The fourth-order valence-corrected chi connectivity index (χ4v) is 4.35. The van der Waals surface area contributed by atoms with Crippen molar-refractivity contribution in [1.82, 2.24) is 0 Å². The number of hydrogen-bond acceptors (Lipinski definition) is 10. The van der Waals surface area contributed by atoms with E-state index >= 15 is 0 Å². The maximum Gasteiger partial charge on any atom is 0.163 e. The van der Waals surface area contributed by atoms with E-state index in [9.17, 15) is 25.2 Å². The van der Waals surface area contributed by atoms with Crippen LogP contribution in [0.4, 0.5) is 0 Å². The zero-order valence-electron chi connectivity index (χ0n) is 19.9. The maximum atomic E-state index is 11.4. The van der Waals surface area contributed by atoms with Gasteiger partial charge in [-0.25, -0.2) is 0 Å². The third-order valence-electron chi connectivity index (χ3n) is 6.65. The van der Waals surface area contributed by atoms with Gasteiger partial charge < -0.3 is 48.9 Å². The van der Waals surface area contributed by atoms with Crippen molar-refractivity contribution in [2.45, 2.75) is 109 Å². The van der Waals surface area contributed by atoms with Crippen molar-refractivity contribution < 1.29 is 48.9 Å². The molecule has 0 amide bonds. The number of methoxy groups -OCH3 is 1. The van der Waals surface area contributed by atoms with E-state index in [0.717, 1.165) is 0 Å². The Hall–Kier alpha value is -0.690. The van der Waals surface area contributed by atoms with Crippen molar-refractivity contribution >= 4 is 6.29 Å². The lowest BCUT2D eigenvalue weighted by molar-refractivity contribution is -0.345. The number of aliphatic hydroxyl groups is 4. The summed E-state index contributed by atoms with van der Waals surface area (Å²) in [5, 5.41) is 41.3. The van der Waals surface area contributed by atoms with Crippen molar-refractivity contribution in [3.05, 3.63) is 0 Å². The molecule has 10 heteroatoms. The van der Waals surface area contributed by atoms with Crippen LogP contribution in [-0.4, -0.2) is 101 Å². The molecule has 0 bridgehead atoms. The molecule has 2 saturated heterocycles. The topological polar surface area (TPSA) is 144 Å². The molecule has 14 atom stereocenters. The summed E-state index contributed by atoms with van der Waals surface area (Å²) in [4.78, 5) is 11.4. The highest BCUT2D eigenvalue weighted by Crippen LogP contribution is 2.35. The Bertz CT molecular complexity index is 589. The first kappa shape index (κ1) is 27.6. The fraction of sp³-hybridized carbons (Fsp3) is 0.955. The Labute approximate surface area is 189 Å². The molecule has 4 N–H and O–H groups in total. The van der Waals surface area contributed by atoms with Crippen molar-refractivity contribution in [1.29, 1.82) is 0 Å². The zero-order valence-corrected chi connectivity index (χ0v) is 19.9. The summed E-state index contributed by atoms with van der Waals surface area (Å²) >= 11 is 0. The van der Waals surface area contributed by atoms with Crippen LogP contribution in [0.15, 0.2) is 0 Å². The molecule has 0 spiro atoms. The van der Waals surface area contributed by atoms with Crippen LogP contribution in [0.25, 0.3) is 0 Å². The van der Waals surface area contributed by atoms with Crippen LogP contribution in [0.3, 0.4) is 0 Å². The third kappa shape index (κ3) is 5.86. The van der Waals surface area contributed by atoms with E-state index in [-0.39, 0.29) is 5.92 Å². The summed E-state index contributed by atoms with van der Waals surface area (Å²) in [6, 6.07) is 0. The minimum atomic E-state index is -1.31. The van der Waals surface area contributed by atoms with Gasteiger partial charge in [0.1, 0.15) is 24.6 Å². The Balaban J connectivity index is 2.20. The molecule has 32 heavy (non-hydrogen) atoms. The highest BCUT2D eigenvalue weighted by atomic mass is 16.7. The molecule has 2 rings (SSSR count). The Morgan fingerprint density at radius 3 is 1.88 bits per heavy atom. The number of aldehydes is 1. The van der Waals surface area contributed by atoms with Crippen molar-refractivity contribution in [3.63, 3.8) is 0 Å². The highest BCUT2D eigenvalue weighted by molar-refractivity contribution is 5.54. The molecule has 2 aliphatic heterocycles. The Morgan fingerprint density at radius 1 is 0.875 bits per heavy atom. The molecule has 2 fully saturated rings. The fourth-order valence-electron chi connectivity index (χ4n) is 4.35. The second-order valence-corrected chi connectivity index (χ2v) is 9.25. The predicted molar refractivity (Wildman–Crippen MR) is 112 cm³/mol. The van der Waals surface area contributed by atoms with Crippen LogP contribution in [0, 0.1) is 17.8 Å². The molecule has 6 unspecified atom stereocenters. The quantitative estimate of drug-likeness (QED) is 0.340. The number of ether oxygens (including phenoxy) is 5. The van der Waals surface area contributed by atoms with E-state index in [2.05, 4.69) is 0 Å². The highest BCUT2D eigenvalue weighted by Gasteiger charge is 2.49. The second-order valence-electron chi connectivity index (χ2n) is 9.25. The molecule has 2 heterocycles. The Kier molecular flexibility index (Phi) is 10.0. The lowest BCUT2D eigenvalue weighted by Crippen LogP contribution is -2.60. The van der Waals surface area contributed by atoms with Gasteiger partial charge in [0.2, 0.25) is 0 Å². The minimum Gasteiger partial charge on any atom is -0.391 e. The monoisotopic (exact) mass is 464 g/mol. The summed E-state index contributed by atoms with van der Waals surface area (Å²) in [6.45, 7) is 9.98. The van der Waals surface area contributed by atoms with E-state index < -0.39 is 79.4 Å². The van der Waals surface area contributed by atoms with Gasteiger partial charge >= 0.3 is 0 Å². The summed E-state index contributed by atoms with van der Waals surface area (Å²) in [6.07, 6.45) is -8.72. The molecule has 10 nitrogen and oxygen atoms in total. The van der Waals surface area contributed by atoms with E-state index in [1.165, 1.54) is 14.0 Å². The van der Waals surface area contributed by atoms with Gasteiger partial charge in [-0.15, -0.1) is 0 Å². The van der Waals surface area contributed by atoms with E-state index in [1.807, 2.05) is 6.92 Å². The number of carbonyl (C=O) groups excluding carboxylic acids is 1. The first-order valence-electron chi connectivity index (χ1n) is 11.3. The van der Waals surface area contributed by atoms with Gasteiger partial charge in [-0.2, -0.15) is 0 Å². The van der Waals surface area contributed by atoms with Gasteiger partial charge in [-0.05, 0) is 20.8 Å². The summed E-state index contributed by atoms with van der Waals surface area (Å²) < 4.78 is 29.3. The third-order valence-corrected chi connectivity index (χ3v) is 6.65. The van der Waals surface area contributed by atoms with E-state index in [4.69, 9.17) is 23.7 Å². The molecule has 0 aromatic heterocycles. The molecule has 0 aromatic carbocycles. The molecule has 188 valence electrons. The molecular formula is C22H40O10. The molecule has 0 radical (unpaired) electrons. The average Bonchev–Trinajstić information content (AvgIpc) is 2.75. The smallest absolute Gasteiger partial charge is 0.163 e. The van der Waals surface area contributed by atoms with E-state index in [0.29, 0.717) is 6.29 Å². The molecule has 0 aromatic rings. The van der Waals surface area contributed by atoms with Crippen molar-refractivity contribution in [3.8, 4) is 0 Å². The lowest BCUT2D eigenvalue weighted by Gasteiger charge is -2.48. The van der Waals surface area contributed by atoms with Crippen molar-refractivity contribution in [2.75, 3.05) is 7.11 Å². The molecular weight excluding hydrogens is 424 g/mol. The number of hydrogen-bond donors (Lipinski definition) is 4. The van der Waals surface area contributed by atoms with Gasteiger partial charge in [-0.1, -0.05) is 20.8 Å². The number of aliphatic hydroxyl groups excluding tert-OH is 4. The zero-order chi connectivity index (χ0) is 24.3. The van der Waals surface area contributed by atoms with Crippen LogP contribution in [-0.2, 0) is 28.5 Å². The Morgan fingerprint density at radius 2 is 1.38 bits per heavy atom. The largest absolute Gasteiger partial charge is 0.391 e. The van der Waals surface area contributed by atoms with Crippen LogP contribution < -0.4 is 0 Å². The average molecular weight is 465 g/mol. The summed E-state index contributed by atoms with van der Waals surface area (Å²) in [5.41, 5.74) is 0. The van der Waals surface area contributed by atoms with Gasteiger partial charge in [0.25, 0.3) is 0 Å². The second kappa shape index (κ2) is 11.6. The molecule has 0 aliphatic carbocycles. The number of carbonyl (C=O) groups is 1. The van der Waals surface area contributed by atoms with Crippen LogP contribution in [0.1, 0.15) is 41.5 Å². The molecule has 0 saturated carbocycles. The lowest BCUT2D eigenvalue weighted by atomic mass is 9.90.